The van der Waals surface area contributed by atoms with Crippen LogP contribution < -0.4 is 10.6 Å². The van der Waals surface area contributed by atoms with Crippen LogP contribution in [0.5, 0.6) is 0 Å². The molecular formula is C17H19N3O. The number of nitrogens with zero attached hydrogens (tertiary/aromatic N) is 2. The number of aromatic nitrogens is 1. The first-order chi connectivity index (χ1) is 10.0. The van der Waals surface area contributed by atoms with Crippen molar-refractivity contribution in [3.05, 3.63) is 53.4 Å². The molecule has 0 saturated carbocycles. The fraction of sp³-hybridized carbons (Fsp3) is 0.235. The summed E-state index contributed by atoms with van der Waals surface area (Å²) in [6, 6.07) is 12.0. The molecule has 0 aliphatic rings. The van der Waals surface area contributed by atoms with Gasteiger partial charge >= 0.3 is 0 Å². The van der Waals surface area contributed by atoms with Crippen LogP contribution in [-0.2, 0) is 6.54 Å². The van der Waals surface area contributed by atoms with Gasteiger partial charge in [-0.1, -0.05) is 6.07 Å². The molecule has 2 aromatic carbocycles. The quantitative estimate of drug-likeness (QED) is 0.744. The van der Waals surface area contributed by atoms with Gasteiger partial charge in [0.15, 0.2) is 5.58 Å². The highest BCUT2D eigenvalue weighted by molar-refractivity contribution is 5.76. The Kier molecular flexibility index (Phi) is 3.29. The molecule has 0 unspecified atom stereocenters. The Morgan fingerprint density at radius 2 is 1.81 bits per heavy atom. The van der Waals surface area contributed by atoms with Crippen molar-refractivity contribution in [1.82, 2.24) is 4.98 Å². The standard InChI is InChI=1S/C17H19N3O/c1-11-6-12(2)8-14(7-11)20(3)10-17-19-15-5-4-13(18)9-16(15)21-17/h4-9H,10,18H2,1-3H3. The molecule has 0 radical (unpaired) electrons. The molecule has 21 heavy (non-hydrogen) atoms. The van der Waals surface area contributed by atoms with Crippen LogP contribution in [0, 0.1) is 13.8 Å². The highest BCUT2D eigenvalue weighted by atomic mass is 16.3. The molecule has 4 heteroatoms. The van der Waals surface area contributed by atoms with E-state index in [2.05, 4.69) is 41.9 Å². The highest BCUT2D eigenvalue weighted by Crippen LogP contribution is 2.22. The third-order valence-electron chi connectivity index (χ3n) is 3.48. The summed E-state index contributed by atoms with van der Waals surface area (Å²) in [6.45, 7) is 4.83. The molecule has 3 rings (SSSR count). The zero-order chi connectivity index (χ0) is 15.0. The Labute approximate surface area is 124 Å². The monoisotopic (exact) mass is 281 g/mol. The minimum atomic E-state index is 0.622. The van der Waals surface area contributed by atoms with Crippen molar-refractivity contribution in [2.45, 2.75) is 20.4 Å². The maximum Gasteiger partial charge on any atom is 0.215 e. The Balaban J connectivity index is 1.86. The Hall–Kier alpha value is -2.49. The summed E-state index contributed by atoms with van der Waals surface area (Å²) in [5.74, 6) is 0.692. The predicted octanol–water partition coefficient (Wildman–Crippen LogP) is 3.66. The maximum absolute atomic E-state index is 5.77. The first kappa shape index (κ1) is 13.5. The summed E-state index contributed by atoms with van der Waals surface area (Å²) in [5.41, 5.74) is 11.7. The average Bonchev–Trinajstić information content (AvgIpc) is 2.78. The minimum Gasteiger partial charge on any atom is -0.439 e. The van der Waals surface area contributed by atoms with Crippen molar-refractivity contribution in [3.8, 4) is 0 Å². The third kappa shape index (κ3) is 2.84. The van der Waals surface area contributed by atoms with Crippen LogP contribution >= 0.6 is 0 Å². The highest BCUT2D eigenvalue weighted by Gasteiger charge is 2.10. The first-order valence-electron chi connectivity index (χ1n) is 6.95. The van der Waals surface area contributed by atoms with Crippen LogP contribution in [0.1, 0.15) is 17.0 Å². The van der Waals surface area contributed by atoms with Gasteiger partial charge in [0.25, 0.3) is 0 Å². The van der Waals surface area contributed by atoms with Gasteiger partial charge in [0.05, 0.1) is 6.54 Å². The smallest absolute Gasteiger partial charge is 0.215 e. The van der Waals surface area contributed by atoms with E-state index in [1.165, 1.54) is 11.1 Å². The van der Waals surface area contributed by atoms with Gasteiger partial charge in [-0.15, -0.1) is 0 Å². The van der Waals surface area contributed by atoms with Crippen molar-refractivity contribution in [2.24, 2.45) is 0 Å². The van der Waals surface area contributed by atoms with Crippen LogP contribution in [-0.4, -0.2) is 12.0 Å². The molecule has 1 aromatic heterocycles. The van der Waals surface area contributed by atoms with Crippen LogP contribution in [0.4, 0.5) is 11.4 Å². The number of aryl methyl sites for hydroxylation is 2. The number of anilines is 2. The molecule has 4 nitrogen and oxygen atoms in total. The van der Waals surface area contributed by atoms with Crippen molar-refractivity contribution in [3.63, 3.8) is 0 Å². The summed E-state index contributed by atoms with van der Waals surface area (Å²) in [6.07, 6.45) is 0. The second-order valence-electron chi connectivity index (χ2n) is 5.54. The molecule has 3 aromatic rings. The summed E-state index contributed by atoms with van der Waals surface area (Å²) >= 11 is 0. The van der Waals surface area contributed by atoms with Gasteiger partial charge in [-0.3, -0.25) is 0 Å². The molecule has 0 bridgehead atoms. The van der Waals surface area contributed by atoms with Crippen LogP contribution in [0.3, 0.4) is 0 Å². The summed E-state index contributed by atoms with van der Waals surface area (Å²) in [5, 5.41) is 0. The van der Waals surface area contributed by atoms with Crippen molar-refractivity contribution in [1.29, 1.82) is 0 Å². The zero-order valence-electron chi connectivity index (χ0n) is 12.6. The van der Waals surface area contributed by atoms with E-state index < -0.39 is 0 Å². The van der Waals surface area contributed by atoms with Gasteiger partial charge in [-0.25, -0.2) is 4.98 Å². The SMILES string of the molecule is Cc1cc(C)cc(N(C)Cc2nc3ccc(N)cc3o2)c1. The third-order valence-corrected chi connectivity index (χ3v) is 3.48. The number of fused-ring (bicyclic) bond motifs is 1. The molecule has 0 fully saturated rings. The zero-order valence-corrected chi connectivity index (χ0v) is 12.6. The second-order valence-corrected chi connectivity index (χ2v) is 5.54. The lowest BCUT2D eigenvalue weighted by Gasteiger charge is -2.18. The number of nitrogens with two attached hydrogens (primary N) is 1. The number of hydrogen-bond acceptors (Lipinski definition) is 4. The van der Waals surface area contributed by atoms with E-state index in [1.54, 1.807) is 0 Å². The molecule has 108 valence electrons. The maximum atomic E-state index is 5.77. The Morgan fingerprint density at radius 3 is 2.52 bits per heavy atom. The lowest BCUT2D eigenvalue weighted by molar-refractivity contribution is 0.527. The topological polar surface area (TPSA) is 55.3 Å². The van der Waals surface area contributed by atoms with E-state index in [0.717, 1.165) is 16.8 Å². The van der Waals surface area contributed by atoms with Crippen molar-refractivity contribution < 1.29 is 4.42 Å². The molecule has 1 heterocycles. The number of hydrogen-bond donors (Lipinski definition) is 1. The molecule has 0 aliphatic carbocycles. The largest absolute Gasteiger partial charge is 0.439 e. The molecule has 0 atom stereocenters. The van der Waals surface area contributed by atoms with Crippen molar-refractivity contribution >= 4 is 22.5 Å². The van der Waals surface area contributed by atoms with E-state index in [4.69, 9.17) is 10.2 Å². The summed E-state index contributed by atoms with van der Waals surface area (Å²) in [4.78, 5) is 6.63. The number of oxazole rings is 1. The minimum absolute atomic E-state index is 0.622. The second kappa shape index (κ2) is 5.13. The summed E-state index contributed by atoms with van der Waals surface area (Å²) in [7, 11) is 2.04. The molecule has 0 amide bonds. The van der Waals surface area contributed by atoms with E-state index in [0.29, 0.717) is 18.1 Å². The van der Waals surface area contributed by atoms with E-state index in [-0.39, 0.29) is 0 Å². The van der Waals surface area contributed by atoms with Crippen molar-refractivity contribution in [2.75, 3.05) is 17.7 Å². The molecule has 2 N–H and O–H groups in total. The Bertz CT molecular complexity index is 772. The van der Waals surface area contributed by atoms with E-state index in [1.807, 2.05) is 25.2 Å². The lowest BCUT2D eigenvalue weighted by Crippen LogP contribution is -2.16. The molecule has 0 spiro atoms. The van der Waals surface area contributed by atoms with E-state index in [9.17, 15) is 0 Å². The molecule has 0 saturated heterocycles. The van der Waals surface area contributed by atoms with Gasteiger partial charge in [0.1, 0.15) is 5.52 Å². The summed E-state index contributed by atoms with van der Waals surface area (Å²) < 4.78 is 5.77. The van der Waals surface area contributed by atoms with Gasteiger partial charge in [0.2, 0.25) is 5.89 Å². The fourth-order valence-electron chi connectivity index (χ4n) is 2.52. The van der Waals surface area contributed by atoms with E-state index >= 15 is 0 Å². The number of benzene rings is 2. The molecular weight excluding hydrogens is 262 g/mol. The molecule has 0 aliphatic heterocycles. The first-order valence-corrected chi connectivity index (χ1v) is 6.95. The van der Waals surface area contributed by atoms with Gasteiger partial charge < -0.3 is 15.1 Å². The van der Waals surface area contributed by atoms with Gasteiger partial charge in [-0.05, 0) is 49.2 Å². The van der Waals surface area contributed by atoms with Crippen LogP contribution in [0.15, 0.2) is 40.8 Å². The lowest BCUT2D eigenvalue weighted by atomic mass is 10.1. The van der Waals surface area contributed by atoms with Crippen LogP contribution in [0.25, 0.3) is 11.1 Å². The normalized spacial score (nSPS) is 11.0. The van der Waals surface area contributed by atoms with Gasteiger partial charge in [0, 0.05) is 24.5 Å². The average molecular weight is 281 g/mol. The Morgan fingerprint density at radius 1 is 1.10 bits per heavy atom. The fourth-order valence-corrected chi connectivity index (χ4v) is 2.52. The van der Waals surface area contributed by atoms with Crippen LogP contribution in [0.2, 0.25) is 0 Å². The predicted molar refractivity (Wildman–Crippen MR) is 86.4 cm³/mol. The number of rotatable bonds is 3. The number of nitrogen functional groups attached to an aromatic ring is 1. The van der Waals surface area contributed by atoms with Gasteiger partial charge in [-0.2, -0.15) is 0 Å².